The highest BCUT2D eigenvalue weighted by molar-refractivity contribution is 5.91. The van der Waals surface area contributed by atoms with E-state index < -0.39 is 0 Å². The fraction of sp³-hybridized carbons (Fsp3) is 0.0909. The molecule has 0 saturated heterocycles. The Balaban J connectivity index is 1.41. The lowest BCUT2D eigenvalue weighted by Crippen LogP contribution is -2.21. The average molecular weight is 342 g/mol. The van der Waals surface area contributed by atoms with Crippen LogP contribution in [0, 0.1) is 11.8 Å². The normalized spacial score (nSPS) is 10.3. The molecule has 1 aromatic heterocycles. The van der Waals surface area contributed by atoms with Gasteiger partial charge in [0.1, 0.15) is 12.4 Å². The molecule has 26 heavy (non-hydrogen) atoms. The first kappa shape index (κ1) is 17.2. The van der Waals surface area contributed by atoms with E-state index in [2.05, 4.69) is 22.1 Å². The number of nitrogens with one attached hydrogen (secondary N) is 1. The van der Waals surface area contributed by atoms with Crippen LogP contribution in [0.2, 0.25) is 0 Å². The van der Waals surface area contributed by atoms with Crippen LogP contribution in [0.3, 0.4) is 0 Å². The number of aromatic nitrogens is 1. The number of benzene rings is 2. The molecular formula is C22H18N2O2. The quantitative estimate of drug-likeness (QED) is 0.571. The standard InChI is InChI=1S/C22H18N2O2/c25-22(13-10-18-7-2-1-3-8-18)24-14-4-5-16-26-20-12-11-19-9-6-15-23-21(19)17-20/h1-3,6-13,15,17H,14,16H2,(H,24,25)/b13-10+. The molecule has 3 rings (SSSR count). The molecule has 0 atom stereocenters. The van der Waals surface area contributed by atoms with Gasteiger partial charge in [0, 0.05) is 23.7 Å². The van der Waals surface area contributed by atoms with Crippen LogP contribution in [-0.4, -0.2) is 24.0 Å². The topological polar surface area (TPSA) is 51.2 Å². The summed E-state index contributed by atoms with van der Waals surface area (Å²) in [6.45, 7) is 0.536. The van der Waals surface area contributed by atoms with Gasteiger partial charge in [-0.3, -0.25) is 9.78 Å². The van der Waals surface area contributed by atoms with E-state index in [9.17, 15) is 4.79 Å². The minimum absolute atomic E-state index is 0.176. The van der Waals surface area contributed by atoms with Crippen molar-refractivity contribution in [3.63, 3.8) is 0 Å². The summed E-state index contributed by atoms with van der Waals surface area (Å²) in [5, 5.41) is 3.78. The first-order valence-electron chi connectivity index (χ1n) is 8.25. The second-order valence-corrected chi connectivity index (χ2v) is 5.46. The summed E-state index contributed by atoms with van der Waals surface area (Å²) >= 11 is 0. The van der Waals surface area contributed by atoms with Crippen molar-refractivity contribution in [3.8, 4) is 17.6 Å². The van der Waals surface area contributed by atoms with Gasteiger partial charge in [0.25, 0.3) is 0 Å². The summed E-state index contributed by atoms with van der Waals surface area (Å²) in [5.74, 6) is 6.29. The Morgan fingerprint density at radius 1 is 1.08 bits per heavy atom. The van der Waals surface area contributed by atoms with Gasteiger partial charge < -0.3 is 10.1 Å². The third kappa shape index (κ3) is 5.22. The Labute approximate surface area is 152 Å². The molecule has 0 aliphatic carbocycles. The van der Waals surface area contributed by atoms with Crippen molar-refractivity contribution in [2.45, 2.75) is 0 Å². The molecule has 0 fully saturated rings. The first-order chi connectivity index (χ1) is 12.8. The van der Waals surface area contributed by atoms with Gasteiger partial charge in [-0.15, -0.1) is 0 Å². The lowest BCUT2D eigenvalue weighted by molar-refractivity contribution is -0.116. The number of carbonyl (C=O) groups excluding carboxylic acids is 1. The Hall–Kier alpha value is -3.58. The van der Waals surface area contributed by atoms with Gasteiger partial charge in [-0.25, -0.2) is 0 Å². The van der Waals surface area contributed by atoms with Gasteiger partial charge in [-0.1, -0.05) is 48.2 Å². The van der Waals surface area contributed by atoms with Gasteiger partial charge in [0.2, 0.25) is 5.91 Å². The monoisotopic (exact) mass is 342 g/mol. The van der Waals surface area contributed by atoms with Gasteiger partial charge in [-0.2, -0.15) is 0 Å². The SMILES string of the molecule is O=C(/C=C/c1ccccc1)NCC#CCOc1ccc2cccnc2c1. The highest BCUT2D eigenvalue weighted by atomic mass is 16.5. The van der Waals surface area contributed by atoms with Crippen LogP contribution in [0.5, 0.6) is 5.75 Å². The minimum Gasteiger partial charge on any atom is -0.481 e. The molecule has 4 heteroatoms. The highest BCUT2D eigenvalue weighted by Crippen LogP contribution is 2.18. The second-order valence-electron chi connectivity index (χ2n) is 5.46. The molecule has 0 unspecified atom stereocenters. The number of hydrogen-bond donors (Lipinski definition) is 1. The fourth-order valence-corrected chi connectivity index (χ4v) is 2.30. The maximum Gasteiger partial charge on any atom is 0.244 e. The van der Waals surface area contributed by atoms with Crippen LogP contribution in [0.4, 0.5) is 0 Å². The number of nitrogens with zero attached hydrogens (tertiary/aromatic N) is 1. The van der Waals surface area contributed by atoms with Gasteiger partial charge in [0.05, 0.1) is 12.1 Å². The summed E-state index contributed by atoms with van der Waals surface area (Å²) < 4.78 is 5.59. The molecule has 2 aromatic carbocycles. The number of pyridine rings is 1. The van der Waals surface area contributed by atoms with Gasteiger partial charge >= 0.3 is 0 Å². The summed E-state index contributed by atoms with van der Waals surface area (Å²) in [4.78, 5) is 16.0. The number of rotatable bonds is 5. The lowest BCUT2D eigenvalue weighted by Gasteiger charge is -2.03. The van der Waals surface area contributed by atoms with Crippen LogP contribution >= 0.6 is 0 Å². The molecule has 0 aliphatic heterocycles. The Morgan fingerprint density at radius 2 is 1.96 bits per heavy atom. The van der Waals surface area contributed by atoms with Crippen molar-refractivity contribution in [2.24, 2.45) is 0 Å². The molecule has 1 amide bonds. The van der Waals surface area contributed by atoms with Crippen molar-refractivity contribution >= 4 is 22.9 Å². The zero-order valence-corrected chi connectivity index (χ0v) is 14.2. The smallest absolute Gasteiger partial charge is 0.244 e. The van der Waals surface area contributed by atoms with E-state index in [1.54, 1.807) is 12.3 Å². The Morgan fingerprint density at radius 3 is 2.85 bits per heavy atom. The molecule has 1 N–H and O–H groups in total. The number of amides is 1. The lowest BCUT2D eigenvalue weighted by atomic mass is 10.2. The predicted molar refractivity (Wildman–Crippen MR) is 103 cm³/mol. The molecule has 1 heterocycles. The zero-order valence-electron chi connectivity index (χ0n) is 14.2. The van der Waals surface area contributed by atoms with Crippen molar-refractivity contribution in [3.05, 3.63) is 78.5 Å². The average Bonchev–Trinajstić information content (AvgIpc) is 2.69. The van der Waals surface area contributed by atoms with E-state index in [0.29, 0.717) is 0 Å². The van der Waals surface area contributed by atoms with E-state index in [-0.39, 0.29) is 19.1 Å². The van der Waals surface area contributed by atoms with E-state index in [1.807, 2.05) is 60.7 Å². The molecule has 0 bridgehead atoms. The number of fused-ring (bicyclic) bond motifs is 1. The molecule has 0 saturated carbocycles. The third-order valence-electron chi connectivity index (χ3n) is 3.59. The Kier molecular flexibility index (Phi) is 6.00. The van der Waals surface area contributed by atoms with Crippen molar-refractivity contribution in [2.75, 3.05) is 13.2 Å². The van der Waals surface area contributed by atoms with E-state index in [1.165, 1.54) is 6.08 Å². The van der Waals surface area contributed by atoms with Crippen LogP contribution in [-0.2, 0) is 4.79 Å². The largest absolute Gasteiger partial charge is 0.481 e. The fourth-order valence-electron chi connectivity index (χ4n) is 2.30. The summed E-state index contributed by atoms with van der Waals surface area (Å²) in [6, 6.07) is 19.3. The molecule has 4 nitrogen and oxygen atoms in total. The van der Waals surface area contributed by atoms with Gasteiger partial charge in [-0.05, 0) is 29.8 Å². The number of carbonyl (C=O) groups is 1. The number of ether oxygens (including phenoxy) is 1. The molecule has 0 aliphatic rings. The van der Waals surface area contributed by atoms with Crippen molar-refractivity contribution in [1.82, 2.24) is 10.3 Å². The van der Waals surface area contributed by atoms with Crippen LogP contribution in [0.1, 0.15) is 5.56 Å². The second kappa shape index (κ2) is 9.05. The third-order valence-corrected chi connectivity index (χ3v) is 3.59. The predicted octanol–water partition coefficient (Wildman–Crippen LogP) is 3.45. The molecular weight excluding hydrogens is 324 g/mol. The van der Waals surface area contributed by atoms with Crippen LogP contribution in [0.25, 0.3) is 17.0 Å². The van der Waals surface area contributed by atoms with E-state index in [0.717, 1.165) is 22.2 Å². The number of hydrogen-bond acceptors (Lipinski definition) is 3. The van der Waals surface area contributed by atoms with E-state index in [4.69, 9.17) is 4.74 Å². The zero-order chi connectivity index (χ0) is 18.0. The first-order valence-corrected chi connectivity index (χ1v) is 8.25. The molecule has 128 valence electrons. The maximum absolute atomic E-state index is 11.7. The van der Waals surface area contributed by atoms with Crippen LogP contribution < -0.4 is 10.1 Å². The van der Waals surface area contributed by atoms with Crippen molar-refractivity contribution in [1.29, 1.82) is 0 Å². The summed E-state index contributed by atoms with van der Waals surface area (Å²) in [6.07, 6.45) is 5.01. The Bertz CT molecular complexity index is 969. The molecule has 3 aromatic rings. The summed E-state index contributed by atoms with van der Waals surface area (Å²) in [5.41, 5.74) is 1.86. The highest BCUT2D eigenvalue weighted by Gasteiger charge is 1.97. The molecule has 0 radical (unpaired) electrons. The van der Waals surface area contributed by atoms with Gasteiger partial charge in [0.15, 0.2) is 0 Å². The van der Waals surface area contributed by atoms with Crippen molar-refractivity contribution < 1.29 is 9.53 Å². The maximum atomic E-state index is 11.7. The van der Waals surface area contributed by atoms with E-state index >= 15 is 0 Å². The molecule has 0 spiro atoms. The van der Waals surface area contributed by atoms with Crippen LogP contribution in [0.15, 0.2) is 72.9 Å². The minimum atomic E-state index is -0.176. The summed E-state index contributed by atoms with van der Waals surface area (Å²) in [7, 11) is 0.